The average molecular weight is 445 g/mol. The predicted octanol–water partition coefficient (Wildman–Crippen LogP) is 4.62. The van der Waals surface area contributed by atoms with Gasteiger partial charge in [0, 0.05) is 44.8 Å². The van der Waals surface area contributed by atoms with Crippen molar-refractivity contribution in [2.75, 3.05) is 44.2 Å². The molecule has 0 unspecified atom stereocenters. The molecule has 5 nitrogen and oxygen atoms in total. The standard InChI is InChI=1S/C26H28N4OS/c1-18-7-10-23-24(19(18)2)28-26(32-23)30-15-13-29(14-16-30)12-11-27-25(31)22-9-8-20-5-3-4-6-21(20)17-22/h3-10,17H,11-16H2,1-2H3,(H,27,31). The molecule has 1 amide bonds. The lowest BCUT2D eigenvalue weighted by Crippen LogP contribution is -2.48. The average Bonchev–Trinajstić information content (AvgIpc) is 3.27. The van der Waals surface area contributed by atoms with E-state index in [9.17, 15) is 4.79 Å². The van der Waals surface area contributed by atoms with Crippen LogP contribution in [0.1, 0.15) is 21.5 Å². The van der Waals surface area contributed by atoms with Gasteiger partial charge in [-0.1, -0.05) is 47.7 Å². The van der Waals surface area contributed by atoms with Crippen molar-refractivity contribution in [3.63, 3.8) is 0 Å². The van der Waals surface area contributed by atoms with Crippen LogP contribution in [0.2, 0.25) is 0 Å². The number of amides is 1. The van der Waals surface area contributed by atoms with E-state index in [0.717, 1.165) is 59.7 Å². The SMILES string of the molecule is Cc1ccc2sc(N3CCN(CCNC(=O)c4ccc5ccccc5c4)CC3)nc2c1C. The summed E-state index contributed by atoms with van der Waals surface area (Å²) in [6.45, 7) is 9.74. The topological polar surface area (TPSA) is 48.5 Å². The van der Waals surface area contributed by atoms with Gasteiger partial charge < -0.3 is 10.2 Å². The van der Waals surface area contributed by atoms with Crippen molar-refractivity contribution < 1.29 is 4.79 Å². The Bertz CT molecular complexity index is 1270. The van der Waals surface area contributed by atoms with E-state index in [4.69, 9.17) is 4.98 Å². The van der Waals surface area contributed by atoms with Crippen LogP contribution in [0.15, 0.2) is 54.6 Å². The Labute approximate surface area is 192 Å². The van der Waals surface area contributed by atoms with Crippen molar-refractivity contribution in [1.82, 2.24) is 15.2 Å². The van der Waals surface area contributed by atoms with Crippen LogP contribution in [-0.4, -0.2) is 55.1 Å². The van der Waals surface area contributed by atoms with Crippen LogP contribution in [0, 0.1) is 13.8 Å². The Morgan fingerprint density at radius 2 is 1.78 bits per heavy atom. The quantitative estimate of drug-likeness (QED) is 0.488. The molecule has 0 saturated carbocycles. The molecule has 32 heavy (non-hydrogen) atoms. The molecule has 0 atom stereocenters. The van der Waals surface area contributed by atoms with Gasteiger partial charge >= 0.3 is 0 Å². The number of rotatable bonds is 5. The monoisotopic (exact) mass is 444 g/mol. The van der Waals surface area contributed by atoms with Crippen molar-refractivity contribution in [2.24, 2.45) is 0 Å². The van der Waals surface area contributed by atoms with E-state index < -0.39 is 0 Å². The zero-order chi connectivity index (χ0) is 22.1. The number of aryl methyl sites for hydroxylation is 2. The van der Waals surface area contributed by atoms with Gasteiger partial charge in [0.1, 0.15) is 0 Å². The van der Waals surface area contributed by atoms with E-state index in [0.29, 0.717) is 6.54 Å². The van der Waals surface area contributed by atoms with E-state index in [-0.39, 0.29) is 5.91 Å². The smallest absolute Gasteiger partial charge is 0.251 e. The summed E-state index contributed by atoms with van der Waals surface area (Å²) in [6.07, 6.45) is 0. The minimum atomic E-state index is -0.00507. The lowest BCUT2D eigenvalue weighted by molar-refractivity contribution is 0.0948. The van der Waals surface area contributed by atoms with Crippen molar-refractivity contribution in [3.05, 3.63) is 71.3 Å². The second kappa shape index (κ2) is 8.88. The summed E-state index contributed by atoms with van der Waals surface area (Å²) in [4.78, 5) is 22.3. The van der Waals surface area contributed by atoms with E-state index in [1.165, 1.54) is 15.8 Å². The van der Waals surface area contributed by atoms with Crippen LogP contribution in [-0.2, 0) is 0 Å². The molecule has 0 bridgehead atoms. The van der Waals surface area contributed by atoms with Gasteiger partial charge in [0.2, 0.25) is 0 Å². The highest BCUT2D eigenvalue weighted by Crippen LogP contribution is 2.32. The summed E-state index contributed by atoms with van der Waals surface area (Å²) in [5.41, 5.74) is 4.44. The molecular weight excluding hydrogens is 416 g/mol. The Kier molecular flexibility index (Phi) is 5.81. The third kappa shape index (κ3) is 4.20. The maximum atomic E-state index is 12.6. The molecule has 164 valence electrons. The fraction of sp³-hybridized carbons (Fsp3) is 0.308. The molecule has 1 aliphatic rings. The molecule has 5 rings (SSSR count). The minimum Gasteiger partial charge on any atom is -0.351 e. The molecule has 6 heteroatoms. The lowest BCUT2D eigenvalue weighted by atomic mass is 10.1. The van der Waals surface area contributed by atoms with Gasteiger partial charge in [-0.05, 0) is 53.9 Å². The fourth-order valence-corrected chi connectivity index (χ4v) is 5.35. The second-order valence-corrected chi connectivity index (χ2v) is 9.51. The molecular formula is C26H28N4OS. The summed E-state index contributed by atoms with van der Waals surface area (Å²) in [5, 5.41) is 6.45. The van der Waals surface area contributed by atoms with Crippen LogP contribution < -0.4 is 10.2 Å². The molecule has 4 aromatic rings. The van der Waals surface area contributed by atoms with Gasteiger partial charge in [-0.25, -0.2) is 4.98 Å². The van der Waals surface area contributed by atoms with Crippen LogP contribution in [0.3, 0.4) is 0 Å². The molecule has 1 aliphatic heterocycles. The fourth-order valence-electron chi connectivity index (χ4n) is 4.27. The highest BCUT2D eigenvalue weighted by molar-refractivity contribution is 7.22. The summed E-state index contributed by atoms with van der Waals surface area (Å²) in [5.74, 6) is -0.00507. The van der Waals surface area contributed by atoms with Crippen LogP contribution in [0.25, 0.3) is 21.0 Å². The normalized spacial score (nSPS) is 14.9. The van der Waals surface area contributed by atoms with E-state index >= 15 is 0 Å². The number of hydrogen-bond acceptors (Lipinski definition) is 5. The summed E-state index contributed by atoms with van der Waals surface area (Å²) < 4.78 is 1.27. The third-order valence-electron chi connectivity index (χ3n) is 6.44. The first-order chi connectivity index (χ1) is 15.6. The number of hydrogen-bond donors (Lipinski definition) is 1. The van der Waals surface area contributed by atoms with Gasteiger partial charge in [-0.15, -0.1) is 0 Å². The molecule has 1 N–H and O–H groups in total. The predicted molar refractivity (Wildman–Crippen MR) is 134 cm³/mol. The largest absolute Gasteiger partial charge is 0.351 e. The first kappa shape index (κ1) is 20.9. The van der Waals surface area contributed by atoms with Crippen molar-refractivity contribution in [1.29, 1.82) is 0 Å². The number of carbonyl (C=O) groups excluding carboxylic acids is 1. The number of aromatic nitrogens is 1. The molecule has 0 spiro atoms. The summed E-state index contributed by atoms with van der Waals surface area (Å²) in [7, 11) is 0. The number of thiazole rings is 1. The zero-order valence-corrected chi connectivity index (χ0v) is 19.4. The Balaban J connectivity index is 1.13. The van der Waals surface area contributed by atoms with Gasteiger partial charge in [-0.3, -0.25) is 9.69 Å². The van der Waals surface area contributed by atoms with Gasteiger partial charge in [0.05, 0.1) is 10.2 Å². The first-order valence-electron chi connectivity index (χ1n) is 11.2. The Morgan fingerprint density at radius 3 is 2.59 bits per heavy atom. The Morgan fingerprint density at radius 1 is 1.00 bits per heavy atom. The number of anilines is 1. The molecule has 0 aliphatic carbocycles. The van der Waals surface area contributed by atoms with Gasteiger partial charge in [-0.2, -0.15) is 0 Å². The Hall–Kier alpha value is -2.96. The first-order valence-corrected chi connectivity index (χ1v) is 12.0. The van der Waals surface area contributed by atoms with E-state index in [2.05, 4.69) is 47.2 Å². The number of piperazine rings is 1. The molecule has 2 heterocycles. The molecule has 0 radical (unpaired) electrons. The number of fused-ring (bicyclic) bond motifs is 2. The maximum absolute atomic E-state index is 12.6. The van der Waals surface area contributed by atoms with Gasteiger partial charge in [0.15, 0.2) is 5.13 Å². The second-order valence-electron chi connectivity index (χ2n) is 8.50. The van der Waals surface area contributed by atoms with Crippen molar-refractivity contribution >= 4 is 43.4 Å². The molecule has 1 saturated heterocycles. The summed E-state index contributed by atoms with van der Waals surface area (Å²) in [6, 6.07) is 18.4. The van der Waals surface area contributed by atoms with Crippen LogP contribution >= 0.6 is 11.3 Å². The lowest BCUT2D eigenvalue weighted by Gasteiger charge is -2.34. The molecule has 1 aromatic heterocycles. The summed E-state index contributed by atoms with van der Waals surface area (Å²) >= 11 is 1.79. The highest BCUT2D eigenvalue weighted by Gasteiger charge is 2.20. The maximum Gasteiger partial charge on any atom is 0.251 e. The van der Waals surface area contributed by atoms with Crippen LogP contribution in [0.4, 0.5) is 5.13 Å². The van der Waals surface area contributed by atoms with Crippen LogP contribution in [0.5, 0.6) is 0 Å². The molecule has 1 fully saturated rings. The van der Waals surface area contributed by atoms with E-state index in [1.54, 1.807) is 11.3 Å². The highest BCUT2D eigenvalue weighted by atomic mass is 32.1. The zero-order valence-electron chi connectivity index (χ0n) is 18.6. The number of benzene rings is 3. The van der Waals surface area contributed by atoms with Gasteiger partial charge in [0.25, 0.3) is 5.91 Å². The molecule has 3 aromatic carbocycles. The van der Waals surface area contributed by atoms with Crippen molar-refractivity contribution in [2.45, 2.75) is 13.8 Å². The van der Waals surface area contributed by atoms with E-state index in [1.807, 2.05) is 36.4 Å². The number of nitrogens with zero attached hydrogens (tertiary/aromatic N) is 3. The minimum absolute atomic E-state index is 0.00507. The third-order valence-corrected chi connectivity index (χ3v) is 7.52. The number of nitrogens with one attached hydrogen (secondary N) is 1. The number of carbonyl (C=O) groups is 1. The van der Waals surface area contributed by atoms with Crippen molar-refractivity contribution in [3.8, 4) is 0 Å².